The van der Waals surface area contributed by atoms with Crippen LogP contribution in [0.5, 0.6) is 0 Å². The van der Waals surface area contributed by atoms with Gasteiger partial charge in [-0.25, -0.2) is 0 Å². The van der Waals surface area contributed by atoms with Crippen LogP contribution in [0.25, 0.3) is 0 Å². The normalized spacial score (nSPS) is 15.3. The molecule has 0 radical (unpaired) electrons. The first-order valence-electron chi connectivity index (χ1n) is 7.87. The maximum atomic E-state index is 4.53. The van der Waals surface area contributed by atoms with Crippen molar-refractivity contribution in [3.05, 3.63) is 29.6 Å². The molecule has 1 fully saturated rings. The summed E-state index contributed by atoms with van der Waals surface area (Å²) in [5.74, 6) is 0. The van der Waals surface area contributed by atoms with E-state index in [0.717, 1.165) is 6.42 Å². The predicted molar refractivity (Wildman–Crippen MR) is 85.6 cm³/mol. The average Bonchev–Trinajstić information content (AvgIpc) is 3.25. The fourth-order valence-electron chi connectivity index (χ4n) is 2.22. The highest BCUT2D eigenvalue weighted by atomic mass is 15.0. The molecule has 0 aromatic carbocycles. The lowest BCUT2D eigenvalue weighted by atomic mass is 10.1. The van der Waals surface area contributed by atoms with Crippen molar-refractivity contribution in [2.75, 3.05) is 20.6 Å². The van der Waals surface area contributed by atoms with Crippen LogP contribution in [0.2, 0.25) is 0 Å². The van der Waals surface area contributed by atoms with Crippen LogP contribution in [0, 0.1) is 0 Å². The highest BCUT2D eigenvalue weighted by Crippen LogP contribution is 2.23. The highest BCUT2D eigenvalue weighted by molar-refractivity contribution is 5.79. The zero-order chi connectivity index (χ0) is 14.2. The van der Waals surface area contributed by atoms with Gasteiger partial charge in [0.25, 0.3) is 0 Å². The van der Waals surface area contributed by atoms with Gasteiger partial charge in [0.2, 0.25) is 0 Å². The number of hydrogen-bond donors (Lipinski definition) is 0. The molecule has 0 spiro atoms. The van der Waals surface area contributed by atoms with Crippen molar-refractivity contribution in [2.24, 2.45) is 4.99 Å². The van der Waals surface area contributed by atoms with Crippen LogP contribution in [-0.4, -0.2) is 42.8 Å². The molecule has 3 heteroatoms. The van der Waals surface area contributed by atoms with E-state index in [-0.39, 0.29) is 0 Å². The van der Waals surface area contributed by atoms with Crippen molar-refractivity contribution in [3.63, 3.8) is 0 Å². The van der Waals surface area contributed by atoms with Crippen LogP contribution in [-0.2, 0) is 6.42 Å². The molecule has 20 heavy (non-hydrogen) atoms. The first kappa shape index (κ1) is 15.2. The molecule has 110 valence electrons. The molecular weight excluding hydrogens is 246 g/mol. The highest BCUT2D eigenvalue weighted by Gasteiger charge is 2.18. The van der Waals surface area contributed by atoms with E-state index in [9.17, 15) is 0 Å². The maximum absolute atomic E-state index is 4.53. The third-order valence-electron chi connectivity index (χ3n) is 3.61. The quantitative estimate of drug-likeness (QED) is 0.510. The SMILES string of the molecule is CN(C)CCCCCCc1cc(C=NC2CC2)ccn1. The van der Waals surface area contributed by atoms with Gasteiger partial charge in [0.05, 0.1) is 6.04 Å². The summed E-state index contributed by atoms with van der Waals surface area (Å²) in [5.41, 5.74) is 2.41. The molecule has 1 aromatic heterocycles. The number of nitrogens with zero attached hydrogens (tertiary/aromatic N) is 3. The van der Waals surface area contributed by atoms with E-state index in [4.69, 9.17) is 0 Å². The molecule has 0 saturated heterocycles. The number of aliphatic imine (C=N–C) groups is 1. The Labute approximate surface area is 123 Å². The first-order valence-corrected chi connectivity index (χ1v) is 7.87. The van der Waals surface area contributed by atoms with Gasteiger partial charge in [0.1, 0.15) is 0 Å². The van der Waals surface area contributed by atoms with E-state index < -0.39 is 0 Å². The smallest absolute Gasteiger partial charge is 0.0501 e. The number of hydrogen-bond acceptors (Lipinski definition) is 3. The zero-order valence-electron chi connectivity index (χ0n) is 12.9. The summed E-state index contributed by atoms with van der Waals surface area (Å²) in [6.07, 6.45) is 12.7. The summed E-state index contributed by atoms with van der Waals surface area (Å²) in [5, 5.41) is 0. The van der Waals surface area contributed by atoms with Crippen molar-refractivity contribution in [1.29, 1.82) is 0 Å². The molecule has 2 rings (SSSR count). The van der Waals surface area contributed by atoms with E-state index in [1.165, 1.54) is 56.3 Å². The molecule has 1 aromatic rings. The summed E-state index contributed by atoms with van der Waals surface area (Å²) >= 11 is 0. The second-order valence-corrected chi connectivity index (χ2v) is 6.06. The minimum Gasteiger partial charge on any atom is -0.309 e. The van der Waals surface area contributed by atoms with Gasteiger partial charge in [-0.15, -0.1) is 0 Å². The van der Waals surface area contributed by atoms with Gasteiger partial charge in [0, 0.05) is 18.1 Å². The van der Waals surface area contributed by atoms with Crippen molar-refractivity contribution in [1.82, 2.24) is 9.88 Å². The van der Waals surface area contributed by atoms with Gasteiger partial charge in [-0.3, -0.25) is 9.98 Å². The Morgan fingerprint density at radius 3 is 2.80 bits per heavy atom. The number of rotatable bonds is 9. The van der Waals surface area contributed by atoms with E-state index in [0.29, 0.717) is 6.04 Å². The lowest BCUT2D eigenvalue weighted by molar-refractivity contribution is 0.390. The molecule has 0 aliphatic heterocycles. The van der Waals surface area contributed by atoms with Crippen LogP contribution in [0.3, 0.4) is 0 Å². The molecule has 0 bridgehead atoms. The molecule has 1 aliphatic rings. The summed E-state index contributed by atoms with van der Waals surface area (Å²) in [4.78, 5) is 11.2. The van der Waals surface area contributed by atoms with Crippen LogP contribution in [0.1, 0.15) is 49.8 Å². The standard InChI is InChI=1S/C17H27N3/c1-20(2)12-6-4-3-5-7-17-13-15(10-11-18-17)14-19-16-8-9-16/h10-11,13-14,16H,3-9,12H2,1-2H3. The summed E-state index contributed by atoms with van der Waals surface area (Å²) in [6, 6.07) is 4.83. The molecule has 3 nitrogen and oxygen atoms in total. The lowest BCUT2D eigenvalue weighted by Gasteiger charge is -2.08. The Morgan fingerprint density at radius 2 is 2.05 bits per heavy atom. The average molecular weight is 273 g/mol. The maximum Gasteiger partial charge on any atom is 0.0501 e. The second kappa shape index (κ2) is 8.15. The van der Waals surface area contributed by atoms with E-state index in [1.807, 2.05) is 18.5 Å². The minimum atomic E-state index is 0.600. The topological polar surface area (TPSA) is 28.5 Å². The zero-order valence-corrected chi connectivity index (χ0v) is 12.9. The van der Waals surface area contributed by atoms with Crippen LogP contribution < -0.4 is 0 Å². The monoisotopic (exact) mass is 273 g/mol. The number of unbranched alkanes of at least 4 members (excludes halogenated alkanes) is 3. The summed E-state index contributed by atoms with van der Waals surface area (Å²) in [6.45, 7) is 1.20. The molecule has 1 saturated carbocycles. The van der Waals surface area contributed by atoms with Crippen molar-refractivity contribution < 1.29 is 0 Å². The van der Waals surface area contributed by atoms with Gasteiger partial charge >= 0.3 is 0 Å². The third-order valence-corrected chi connectivity index (χ3v) is 3.61. The molecule has 1 heterocycles. The van der Waals surface area contributed by atoms with Crippen LogP contribution in [0.4, 0.5) is 0 Å². The van der Waals surface area contributed by atoms with Crippen molar-refractivity contribution in [3.8, 4) is 0 Å². The Hall–Kier alpha value is -1.22. The van der Waals surface area contributed by atoms with E-state index >= 15 is 0 Å². The van der Waals surface area contributed by atoms with Crippen LogP contribution >= 0.6 is 0 Å². The summed E-state index contributed by atoms with van der Waals surface area (Å²) < 4.78 is 0. The molecule has 1 aliphatic carbocycles. The lowest BCUT2D eigenvalue weighted by Crippen LogP contribution is -2.12. The van der Waals surface area contributed by atoms with Gasteiger partial charge < -0.3 is 4.90 Å². The van der Waals surface area contributed by atoms with Gasteiger partial charge in [-0.1, -0.05) is 12.8 Å². The second-order valence-electron chi connectivity index (χ2n) is 6.06. The first-order chi connectivity index (χ1) is 9.74. The van der Waals surface area contributed by atoms with Gasteiger partial charge in [-0.2, -0.15) is 0 Å². The fraction of sp³-hybridized carbons (Fsp3) is 0.647. The Kier molecular flexibility index (Phi) is 6.19. The van der Waals surface area contributed by atoms with Gasteiger partial charge in [0.15, 0.2) is 0 Å². The minimum absolute atomic E-state index is 0.600. The molecule has 0 atom stereocenters. The molecule has 0 N–H and O–H groups in total. The van der Waals surface area contributed by atoms with Crippen molar-refractivity contribution in [2.45, 2.75) is 51.0 Å². The predicted octanol–water partition coefficient (Wildman–Crippen LogP) is 3.33. The van der Waals surface area contributed by atoms with Gasteiger partial charge in [-0.05, 0) is 70.4 Å². The fourth-order valence-corrected chi connectivity index (χ4v) is 2.22. The molecular formula is C17H27N3. The van der Waals surface area contributed by atoms with Crippen molar-refractivity contribution >= 4 is 6.21 Å². The molecule has 0 amide bonds. The third kappa shape index (κ3) is 6.29. The van der Waals surface area contributed by atoms with E-state index in [2.05, 4.69) is 35.0 Å². The largest absolute Gasteiger partial charge is 0.309 e. The van der Waals surface area contributed by atoms with E-state index in [1.54, 1.807) is 0 Å². The Morgan fingerprint density at radius 1 is 1.25 bits per heavy atom. The number of pyridine rings is 1. The molecule has 0 unspecified atom stereocenters. The van der Waals surface area contributed by atoms with Crippen LogP contribution in [0.15, 0.2) is 23.3 Å². The number of aryl methyl sites for hydroxylation is 1. The summed E-state index contributed by atoms with van der Waals surface area (Å²) in [7, 11) is 4.28. The Balaban J connectivity index is 1.66. The Bertz CT molecular complexity index is 422. The number of aromatic nitrogens is 1.